The second-order valence-electron chi connectivity index (χ2n) is 9.58. The van der Waals surface area contributed by atoms with Crippen molar-refractivity contribution in [3.63, 3.8) is 0 Å². The van der Waals surface area contributed by atoms with E-state index in [1.54, 1.807) is 0 Å². The Balaban J connectivity index is 1.85. The fraction of sp³-hybridized carbons (Fsp3) is 0.407. The average Bonchev–Trinajstić information content (AvgIpc) is 2.75. The van der Waals surface area contributed by atoms with Crippen LogP contribution < -0.4 is 5.69 Å². The van der Waals surface area contributed by atoms with Crippen LogP contribution in [0.1, 0.15) is 62.4 Å². The Morgan fingerprint density at radius 3 is 2.39 bits per heavy atom. The molecule has 5 nitrogen and oxygen atoms in total. The molecule has 0 bridgehead atoms. The molecule has 0 radical (unpaired) electrons. The summed E-state index contributed by atoms with van der Waals surface area (Å²) in [5.41, 5.74) is 6.71. The first-order valence-corrected chi connectivity index (χ1v) is 12.1. The van der Waals surface area contributed by atoms with E-state index in [0.717, 1.165) is 47.6 Å². The summed E-state index contributed by atoms with van der Waals surface area (Å²) in [6.45, 7) is 11.4. The Kier molecular flexibility index (Phi) is 6.80. The van der Waals surface area contributed by atoms with E-state index in [9.17, 15) is 4.79 Å². The average molecular weight is 463 g/mol. The minimum atomic E-state index is -0.451. The number of aryl methyl sites for hydroxylation is 3. The van der Waals surface area contributed by atoms with E-state index in [4.69, 9.17) is 16.6 Å². The predicted octanol–water partition coefficient (Wildman–Crippen LogP) is 6.21. The molecular weight excluding hydrogens is 432 g/mol. The molecule has 172 valence electrons. The smallest absolute Gasteiger partial charge is 0.322 e. The third-order valence-corrected chi connectivity index (χ3v) is 6.27. The number of fused-ring (bicyclic) bond motifs is 2. The Hall–Kier alpha value is -2.79. The fourth-order valence-electron chi connectivity index (χ4n) is 4.38. The van der Waals surface area contributed by atoms with Crippen molar-refractivity contribution in [1.82, 2.24) is 19.5 Å². The molecule has 33 heavy (non-hydrogen) atoms. The van der Waals surface area contributed by atoms with Crippen molar-refractivity contribution >= 4 is 22.6 Å². The first kappa shape index (κ1) is 23.4. The molecule has 0 amide bonds. The summed E-state index contributed by atoms with van der Waals surface area (Å²) in [6.07, 6.45) is 2.81. The van der Waals surface area contributed by atoms with Gasteiger partial charge in [-0.3, -0.25) is 0 Å². The predicted molar refractivity (Wildman–Crippen MR) is 135 cm³/mol. The van der Waals surface area contributed by atoms with Gasteiger partial charge in [-0.2, -0.15) is 9.97 Å². The topological polar surface area (TPSA) is 60.7 Å². The van der Waals surface area contributed by atoms with E-state index in [1.165, 1.54) is 16.7 Å². The highest BCUT2D eigenvalue weighted by atomic mass is 35.5. The third kappa shape index (κ3) is 5.09. The summed E-state index contributed by atoms with van der Waals surface area (Å²) < 4.78 is 2.17. The van der Waals surface area contributed by atoms with Crippen LogP contribution in [0.4, 0.5) is 0 Å². The highest BCUT2D eigenvalue weighted by Gasteiger charge is 2.22. The molecule has 0 spiro atoms. The zero-order valence-corrected chi connectivity index (χ0v) is 20.8. The number of halogens is 1. The number of benzene rings is 2. The van der Waals surface area contributed by atoms with Gasteiger partial charge in [0.15, 0.2) is 5.82 Å². The molecule has 2 heterocycles. The standard InChI is InChI=1S/C27H31ClN4O/c1-16(2)13-20-15-23-22(14-18(20)5)29-25-24(17(3)4)30-27(33)31-26(25)32(23)12-6-7-19-8-10-21(28)11-9-19/h8-11,14-17H,6-7,12-13H2,1-5H3. The van der Waals surface area contributed by atoms with E-state index in [-0.39, 0.29) is 5.92 Å². The molecule has 0 fully saturated rings. The van der Waals surface area contributed by atoms with Gasteiger partial charge in [-0.25, -0.2) is 9.78 Å². The Morgan fingerprint density at radius 2 is 1.73 bits per heavy atom. The maximum Gasteiger partial charge on any atom is 0.369 e. The van der Waals surface area contributed by atoms with Crippen LogP contribution >= 0.6 is 11.6 Å². The number of hydrogen-bond donors (Lipinski definition) is 0. The molecular formula is C27H31ClN4O. The van der Waals surface area contributed by atoms with Gasteiger partial charge in [0.2, 0.25) is 0 Å². The second kappa shape index (κ2) is 9.60. The highest BCUT2D eigenvalue weighted by Crippen LogP contribution is 2.30. The molecule has 2 aromatic carbocycles. The van der Waals surface area contributed by atoms with Crippen LogP contribution in [-0.2, 0) is 19.4 Å². The largest absolute Gasteiger partial charge is 0.369 e. The van der Waals surface area contributed by atoms with E-state index in [2.05, 4.69) is 59.6 Å². The van der Waals surface area contributed by atoms with Crippen molar-refractivity contribution < 1.29 is 0 Å². The molecule has 0 saturated carbocycles. The van der Waals surface area contributed by atoms with Crippen molar-refractivity contribution in [2.24, 2.45) is 5.92 Å². The highest BCUT2D eigenvalue weighted by molar-refractivity contribution is 6.30. The van der Waals surface area contributed by atoms with Gasteiger partial charge in [0.1, 0.15) is 5.69 Å². The first-order valence-electron chi connectivity index (χ1n) is 11.7. The van der Waals surface area contributed by atoms with Crippen LogP contribution in [0.25, 0.3) is 22.6 Å². The maximum absolute atomic E-state index is 12.4. The van der Waals surface area contributed by atoms with Gasteiger partial charge in [0.25, 0.3) is 0 Å². The number of rotatable bonds is 7. The van der Waals surface area contributed by atoms with Gasteiger partial charge >= 0.3 is 5.69 Å². The lowest BCUT2D eigenvalue weighted by atomic mass is 9.97. The number of nitrogens with zero attached hydrogens (tertiary/aromatic N) is 4. The second-order valence-corrected chi connectivity index (χ2v) is 10.0. The van der Waals surface area contributed by atoms with Crippen LogP contribution in [0, 0.1) is 12.8 Å². The van der Waals surface area contributed by atoms with Crippen LogP contribution in [0.5, 0.6) is 0 Å². The summed E-state index contributed by atoms with van der Waals surface area (Å²) in [6, 6.07) is 12.4. The Bertz CT molecular complexity index is 1310. The Morgan fingerprint density at radius 1 is 1.00 bits per heavy atom. The lowest BCUT2D eigenvalue weighted by Crippen LogP contribution is -2.22. The van der Waals surface area contributed by atoms with E-state index >= 15 is 0 Å². The maximum atomic E-state index is 12.4. The number of aromatic nitrogens is 4. The van der Waals surface area contributed by atoms with Gasteiger partial charge in [0.05, 0.1) is 16.7 Å². The van der Waals surface area contributed by atoms with Crippen molar-refractivity contribution in [2.75, 3.05) is 0 Å². The van der Waals surface area contributed by atoms with Gasteiger partial charge in [-0.15, -0.1) is 0 Å². The summed E-state index contributed by atoms with van der Waals surface area (Å²) in [7, 11) is 0. The molecule has 4 rings (SSSR count). The molecule has 2 aliphatic rings. The van der Waals surface area contributed by atoms with Gasteiger partial charge in [-0.05, 0) is 79.0 Å². The zero-order valence-electron chi connectivity index (χ0n) is 20.0. The number of hydrogen-bond acceptors (Lipinski definition) is 4. The summed E-state index contributed by atoms with van der Waals surface area (Å²) in [4.78, 5) is 25.9. The molecule has 0 atom stereocenters. The fourth-order valence-corrected chi connectivity index (χ4v) is 4.51. The molecule has 0 aromatic heterocycles. The normalized spacial score (nSPS) is 11.9. The van der Waals surface area contributed by atoms with E-state index in [1.807, 2.05) is 26.0 Å². The van der Waals surface area contributed by atoms with Crippen LogP contribution in [0.15, 0.2) is 41.2 Å². The van der Waals surface area contributed by atoms with Crippen molar-refractivity contribution in [3.05, 3.63) is 74.3 Å². The lowest BCUT2D eigenvalue weighted by Gasteiger charge is -2.21. The molecule has 0 N–H and O–H groups in total. The minimum Gasteiger partial charge on any atom is -0.322 e. The quantitative estimate of drug-likeness (QED) is 0.306. The molecule has 0 saturated heterocycles. The Labute approximate surface area is 200 Å². The summed E-state index contributed by atoms with van der Waals surface area (Å²) >= 11 is 6.04. The monoisotopic (exact) mass is 462 g/mol. The van der Waals surface area contributed by atoms with Crippen molar-refractivity contribution in [1.29, 1.82) is 0 Å². The molecule has 0 unspecified atom stereocenters. The van der Waals surface area contributed by atoms with Crippen LogP contribution in [0.2, 0.25) is 5.02 Å². The first-order chi connectivity index (χ1) is 15.7. The summed E-state index contributed by atoms with van der Waals surface area (Å²) in [5, 5.41) is 0.744. The zero-order chi connectivity index (χ0) is 23.7. The lowest BCUT2D eigenvalue weighted by molar-refractivity contribution is 0.637. The van der Waals surface area contributed by atoms with Crippen LogP contribution in [-0.4, -0.2) is 19.5 Å². The van der Waals surface area contributed by atoms with Gasteiger partial charge in [-0.1, -0.05) is 51.4 Å². The molecule has 6 heteroatoms. The SMILES string of the molecule is Cc1cc2nc3c(C(C)C)nc(=O)nc-3n(CCCc3ccc(Cl)cc3)c2cc1CC(C)C. The molecule has 2 aromatic rings. The van der Waals surface area contributed by atoms with Crippen molar-refractivity contribution in [3.8, 4) is 11.5 Å². The summed E-state index contributed by atoms with van der Waals surface area (Å²) in [5.74, 6) is 1.26. The van der Waals surface area contributed by atoms with E-state index < -0.39 is 5.69 Å². The van der Waals surface area contributed by atoms with Gasteiger partial charge < -0.3 is 4.57 Å². The van der Waals surface area contributed by atoms with Crippen molar-refractivity contribution in [2.45, 2.75) is 66.3 Å². The van der Waals surface area contributed by atoms with E-state index in [0.29, 0.717) is 17.4 Å². The molecule has 0 aliphatic carbocycles. The molecule has 2 aliphatic heterocycles. The van der Waals surface area contributed by atoms with Crippen LogP contribution in [0.3, 0.4) is 0 Å². The van der Waals surface area contributed by atoms with Gasteiger partial charge in [0, 0.05) is 11.6 Å². The minimum absolute atomic E-state index is 0.0805. The third-order valence-electron chi connectivity index (χ3n) is 6.02.